The van der Waals surface area contributed by atoms with Crippen molar-refractivity contribution in [1.82, 2.24) is 25.2 Å². The molecule has 0 amide bonds. The second kappa shape index (κ2) is 6.41. The van der Waals surface area contributed by atoms with Gasteiger partial charge in [0, 0.05) is 23.2 Å². The molecule has 0 aliphatic rings. The lowest BCUT2D eigenvalue weighted by molar-refractivity contribution is 0.325. The minimum Gasteiger partial charge on any atom is -0.338 e. The molecule has 1 N–H and O–H groups in total. The van der Waals surface area contributed by atoms with Crippen LogP contribution < -0.4 is 5.32 Å². The van der Waals surface area contributed by atoms with Gasteiger partial charge in [-0.05, 0) is 37.8 Å². The molecule has 0 aromatic carbocycles. The Morgan fingerprint density at radius 3 is 2.95 bits per heavy atom. The van der Waals surface area contributed by atoms with E-state index in [0.29, 0.717) is 18.3 Å². The molecule has 0 bridgehead atoms. The van der Waals surface area contributed by atoms with Crippen molar-refractivity contribution in [3.8, 4) is 11.4 Å². The largest absolute Gasteiger partial charge is 0.338 e. The summed E-state index contributed by atoms with van der Waals surface area (Å²) in [6.45, 7) is 6.84. The molecule has 2 atom stereocenters. The van der Waals surface area contributed by atoms with Gasteiger partial charge in [-0.3, -0.25) is 4.68 Å². The van der Waals surface area contributed by atoms with Gasteiger partial charge in [0.2, 0.25) is 11.7 Å². The molecule has 0 aliphatic heterocycles. The van der Waals surface area contributed by atoms with Crippen LogP contribution in [0.4, 0.5) is 0 Å². The topological polar surface area (TPSA) is 68.8 Å². The van der Waals surface area contributed by atoms with Gasteiger partial charge < -0.3 is 9.84 Å². The lowest BCUT2D eigenvalue weighted by atomic mass is 10.2. The smallest absolute Gasteiger partial charge is 0.240 e. The van der Waals surface area contributed by atoms with Crippen LogP contribution in [0.25, 0.3) is 11.4 Å². The lowest BCUT2D eigenvalue weighted by Crippen LogP contribution is -2.33. The second-order valence-corrected chi connectivity index (χ2v) is 6.21. The monoisotopic (exact) mass is 317 g/mol. The Morgan fingerprint density at radius 2 is 2.27 bits per heavy atom. The van der Waals surface area contributed by atoms with Gasteiger partial charge in [0.25, 0.3) is 0 Å². The number of aryl methyl sites for hydroxylation is 1. The van der Waals surface area contributed by atoms with E-state index in [9.17, 15) is 0 Å². The average molecular weight is 317 g/mol. The molecule has 22 heavy (non-hydrogen) atoms. The van der Waals surface area contributed by atoms with Crippen LogP contribution in [0.15, 0.2) is 33.7 Å². The Hall–Kier alpha value is -1.99. The summed E-state index contributed by atoms with van der Waals surface area (Å²) in [5, 5.41) is 15.8. The first-order valence-electron chi connectivity index (χ1n) is 7.23. The molecule has 0 fully saturated rings. The first-order valence-corrected chi connectivity index (χ1v) is 8.17. The van der Waals surface area contributed by atoms with E-state index in [1.807, 2.05) is 40.8 Å². The molecule has 3 heterocycles. The summed E-state index contributed by atoms with van der Waals surface area (Å²) in [5.41, 5.74) is 2.16. The highest BCUT2D eigenvalue weighted by atomic mass is 32.1. The highest BCUT2D eigenvalue weighted by Crippen LogP contribution is 2.18. The number of nitrogens with one attached hydrogen (secondary N) is 1. The van der Waals surface area contributed by atoms with Gasteiger partial charge in [-0.2, -0.15) is 21.4 Å². The van der Waals surface area contributed by atoms with E-state index in [1.165, 1.54) is 0 Å². The van der Waals surface area contributed by atoms with Crippen LogP contribution >= 0.6 is 11.3 Å². The molecule has 3 aromatic heterocycles. The number of aromatic nitrogens is 4. The molecule has 0 aliphatic carbocycles. The molecule has 0 spiro atoms. The third-order valence-corrected chi connectivity index (χ3v) is 4.38. The van der Waals surface area contributed by atoms with E-state index in [1.54, 1.807) is 11.3 Å². The number of nitrogens with zero attached hydrogens (tertiary/aromatic N) is 4. The summed E-state index contributed by atoms with van der Waals surface area (Å²) >= 11 is 1.62. The number of hydrogen-bond acceptors (Lipinski definition) is 6. The zero-order valence-corrected chi connectivity index (χ0v) is 13.7. The third-order valence-electron chi connectivity index (χ3n) is 3.69. The maximum Gasteiger partial charge on any atom is 0.240 e. The second-order valence-electron chi connectivity index (χ2n) is 5.43. The van der Waals surface area contributed by atoms with Gasteiger partial charge in [0.05, 0.1) is 18.8 Å². The summed E-state index contributed by atoms with van der Waals surface area (Å²) in [5.74, 6) is 1.23. The standard InChI is InChI=1S/C15H19N5OS/c1-10-6-17-20(8-10)12(3)11(2)16-7-14-18-15(19-21-14)13-4-5-22-9-13/h4-6,8-9,11-12,16H,7H2,1-3H3/t11-,12-/m1/s1. The average Bonchev–Trinajstić information content (AvgIpc) is 3.24. The van der Waals surface area contributed by atoms with Crippen molar-refractivity contribution in [2.45, 2.75) is 39.4 Å². The number of rotatable bonds is 6. The maximum absolute atomic E-state index is 5.29. The minimum atomic E-state index is 0.232. The van der Waals surface area contributed by atoms with Gasteiger partial charge in [-0.1, -0.05) is 5.16 Å². The maximum atomic E-state index is 5.29. The zero-order valence-electron chi connectivity index (χ0n) is 12.9. The third kappa shape index (κ3) is 3.26. The Morgan fingerprint density at radius 1 is 1.41 bits per heavy atom. The van der Waals surface area contributed by atoms with Crippen LogP contribution in [-0.2, 0) is 6.54 Å². The Bertz CT molecular complexity index is 718. The molecule has 6 nitrogen and oxygen atoms in total. The normalized spacial score (nSPS) is 14.1. The fraction of sp³-hybridized carbons (Fsp3) is 0.400. The molecule has 3 rings (SSSR count). The van der Waals surface area contributed by atoms with Crippen LogP contribution in [0, 0.1) is 6.92 Å². The van der Waals surface area contributed by atoms with Gasteiger partial charge in [0.15, 0.2) is 0 Å². The van der Waals surface area contributed by atoms with Crippen molar-refractivity contribution >= 4 is 11.3 Å². The van der Waals surface area contributed by atoms with Gasteiger partial charge >= 0.3 is 0 Å². The van der Waals surface area contributed by atoms with Crippen LogP contribution in [0.3, 0.4) is 0 Å². The van der Waals surface area contributed by atoms with Crippen LogP contribution in [-0.4, -0.2) is 26.0 Å². The van der Waals surface area contributed by atoms with Crippen molar-refractivity contribution in [2.24, 2.45) is 0 Å². The fourth-order valence-corrected chi connectivity index (χ4v) is 2.77. The fourth-order valence-electron chi connectivity index (χ4n) is 2.14. The van der Waals surface area contributed by atoms with Crippen molar-refractivity contribution in [3.63, 3.8) is 0 Å². The van der Waals surface area contributed by atoms with Gasteiger partial charge in [-0.15, -0.1) is 0 Å². The van der Waals surface area contributed by atoms with E-state index in [0.717, 1.165) is 11.1 Å². The van der Waals surface area contributed by atoms with Crippen LogP contribution in [0.1, 0.15) is 31.3 Å². The minimum absolute atomic E-state index is 0.232. The van der Waals surface area contributed by atoms with Crippen molar-refractivity contribution < 1.29 is 4.52 Å². The Kier molecular flexibility index (Phi) is 4.35. The summed E-state index contributed by atoms with van der Waals surface area (Å²) in [6, 6.07) is 2.46. The number of thiophene rings is 1. The zero-order chi connectivity index (χ0) is 15.5. The summed E-state index contributed by atoms with van der Waals surface area (Å²) in [7, 11) is 0. The molecule has 0 saturated carbocycles. The van der Waals surface area contributed by atoms with E-state index in [-0.39, 0.29) is 12.1 Å². The molecule has 7 heteroatoms. The quantitative estimate of drug-likeness (QED) is 0.757. The van der Waals surface area contributed by atoms with Crippen molar-refractivity contribution in [1.29, 1.82) is 0 Å². The Labute approximate surface area is 133 Å². The van der Waals surface area contributed by atoms with E-state index in [4.69, 9.17) is 4.52 Å². The molecular weight excluding hydrogens is 298 g/mol. The predicted octanol–water partition coefficient (Wildman–Crippen LogP) is 3.04. The van der Waals surface area contributed by atoms with Crippen LogP contribution in [0.2, 0.25) is 0 Å². The lowest BCUT2D eigenvalue weighted by Gasteiger charge is -2.20. The molecular formula is C15H19N5OS. The Balaban J connectivity index is 1.58. The van der Waals surface area contributed by atoms with Crippen LogP contribution in [0.5, 0.6) is 0 Å². The summed E-state index contributed by atoms with van der Waals surface area (Å²) in [4.78, 5) is 4.40. The van der Waals surface area contributed by atoms with E-state index < -0.39 is 0 Å². The molecule has 0 saturated heterocycles. The molecule has 0 unspecified atom stereocenters. The first-order chi connectivity index (χ1) is 10.6. The van der Waals surface area contributed by atoms with Crippen molar-refractivity contribution in [2.75, 3.05) is 0 Å². The molecule has 0 radical (unpaired) electrons. The van der Waals surface area contributed by atoms with Gasteiger partial charge in [-0.25, -0.2) is 0 Å². The molecule has 3 aromatic rings. The SMILES string of the molecule is Cc1cnn([C@H](C)[C@@H](C)NCc2nc(-c3ccsc3)no2)c1. The highest BCUT2D eigenvalue weighted by molar-refractivity contribution is 7.08. The molecule has 116 valence electrons. The van der Waals surface area contributed by atoms with Gasteiger partial charge in [0.1, 0.15) is 0 Å². The summed E-state index contributed by atoms with van der Waals surface area (Å²) in [6.07, 6.45) is 3.92. The van der Waals surface area contributed by atoms with E-state index >= 15 is 0 Å². The first kappa shape index (κ1) is 14.9. The summed E-state index contributed by atoms with van der Waals surface area (Å²) < 4.78 is 7.26. The predicted molar refractivity (Wildman–Crippen MR) is 85.6 cm³/mol. The number of hydrogen-bond donors (Lipinski definition) is 1. The van der Waals surface area contributed by atoms with Crippen molar-refractivity contribution in [3.05, 3.63) is 40.7 Å². The highest BCUT2D eigenvalue weighted by Gasteiger charge is 2.16. The van der Waals surface area contributed by atoms with E-state index in [2.05, 4.69) is 34.4 Å².